The molecule has 1 saturated carbocycles. The maximum absolute atomic E-state index is 14.9. The number of aryl methyl sites for hydroxylation is 2. The first kappa shape index (κ1) is 24.7. The molecule has 3 rings (SSSR count). The number of hydrogen-bond acceptors (Lipinski definition) is 1. The monoisotopic (exact) mass is 442 g/mol. The summed E-state index contributed by atoms with van der Waals surface area (Å²) < 4.78 is 34.6. The Hall–Kier alpha value is -1.90. The van der Waals surface area contributed by atoms with Crippen LogP contribution in [0, 0.1) is 17.6 Å². The van der Waals surface area contributed by atoms with Crippen LogP contribution in [0.5, 0.6) is 5.75 Å². The van der Waals surface area contributed by atoms with E-state index >= 15 is 0 Å². The Morgan fingerprint density at radius 3 is 2.06 bits per heavy atom. The van der Waals surface area contributed by atoms with Crippen molar-refractivity contribution in [1.29, 1.82) is 0 Å². The van der Waals surface area contributed by atoms with Crippen molar-refractivity contribution in [3.8, 4) is 5.75 Å². The van der Waals surface area contributed by atoms with Gasteiger partial charge >= 0.3 is 0 Å². The number of hydrogen-bond donors (Lipinski definition) is 0. The van der Waals surface area contributed by atoms with E-state index in [0.29, 0.717) is 31.1 Å². The Kier molecular flexibility index (Phi) is 10.0. The van der Waals surface area contributed by atoms with E-state index in [9.17, 15) is 8.78 Å². The van der Waals surface area contributed by atoms with Gasteiger partial charge in [0.15, 0.2) is 11.6 Å². The zero-order valence-corrected chi connectivity index (χ0v) is 20.0. The van der Waals surface area contributed by atoms with Crippen LogP contribution in [0.2, 0.25) is 0 Å². The van der Waals surface area contributed by atoms with Crippen molar-refractivity contribution >= 4 is 0 Å². The van der Waals surface area contributed by atoms with E-state index in [4.69, 9.17) is 4.74 Å². The molecule has 0 spiro atoms. The van der Waals surface area contributed by atoms with Crippen LogP contribution in [0.1, 0.15) is 101 Å². The molecule has 1 aliphatic rings. The molecule has 0 radical (unpaired) electrons. The average Bonchev–Trinajstić information content (AvgIpc) is 2.80. The second-order valence-corrected chi connectivity index (χ2v) is 9.54. The second kappa shape index (κ2) is 13.0. The third kappa shape index (κ3) is 7.32. The molecule has 0 saturated heterocycles. The summed E-state index contributed by atoms with van der Waals surface area (Å²) >= 11 is 0. The molecule has 1 nitrogen and oxygen atoms in total. The Balaban J connectivity index is 1.50. The molecule has 0 bridgehead atoms. The quantitative estimate of drug-likeness (QED) is 0.298. The lowest BCUT2D eigenvalue weighted by Crippen LogP contribution is -2.14. The summed E-state index contributed by atoms with van der Waals surface area (Å²) in [5, 5.41) is 0. The third-order valence-electron chi connectivity index (χ3n) is 7.02. The number of benzene rings is 2. The van der Waals surface area contributed by atoms with E-state index in [1.807, 2.05) is 12.1 Å². The number of rotatable bonds is 12. The summed E-state index contributed by atoms with van der Waals surface area (Å²) in [5.41, 5.74) is 2.78. The standard InChI is InChI=1S/C29H40F2O/c1-3-5-7-8-22-11-15-25(16-12-22)26-17-13-23(20-27(26)30)9-10-24-14-18-29(28(31)21-24)32-19-6-4-2/h13-14,17-18,20-22,25H,3-12,15-16,19H2,1-2H3/t22-,25-. The highest BCUT2D eigenvalue weighted by molar-refractivity contribution is 5.31. The van der Waals surface area contributed by atoms with Gasteiger partial charge in [-0.3, -0.25) is 0 Å². The lowest BCUT2D eigenvalue weighted by atomic mass is 9.76. The number of unbranched alkanes of at least 4 members (excludes halogenated alkanes) is 3. The summed E-state index contributed by atoms with van der Waals surface area (Å²) in [6.45, 7) is 4.87. The van der Waals surface area contributed by atoms with Crippen LogP contribution in [0.15, 0.2) is 36.4 Å². The fraction of sp³-hybridized carbons (Fsp3) is 0.586. The highest BCUT2D eigenvalue weighted by Crippen LogP contribution is 2.38. The molecule has 2 aromatic carbocycles. The minimum atomic E-state index is -0.314. The van der Waals surface area contributed by atoms with Gasteiger partial charge in [-0.05, 0) is 91.7 Å². The van der Waals surface area contributed by atoms with Crippen LogP contribution in [-0.4, -0.2) is 6.61 Å². The van der Waals surface area contributed by atoms with E-state index in [1.54, 1.807) is 18.2 Å². The zero-order chi connectivity index (χ0) is 22.8. The van der Waals surface area contributed by atoms with Crippen LogP contribution in [0.25, 0.3) is 0 Å². The first-order valence-electron chi connectivity index (χ1n) is 12.8. The summed E-state index contributed by atoms with van der Waals surface area (Å²) in [6.07, 6.45) is 13.3. The van der Waals surface area contributed by atoms with E-state index in [2.05, 4.69) is 19.9 Å². The van der Waals surface area contributed by atoms with Gasteiger partial charge in [0.2, 0.25) is 0 Å². The van der Waals surface area contributed by atoms with Crippen LogP contribution in [0.3, 0.4) is 0 Å². The summed E-state index contributed by atoms with van der Waals surface area (Å²) in [7, 11) is 0. The van der Waals surface area contributed by atoms with Gasteiger partial charge in [0.25, 0.3) is 0 Å². The number of ether oxygens (including phenoxy) is 1. The normalized spacial score (nSPS) is 18.6. The smallest absolute Gasteiger partial charge is 0.165 e. The molecule has 0 amide bonds. The third-order valence-corrected chi connectivity index (χ3v) is 7.02. The molecular formula is C29H40F2O. The summed E-state index contributed by atoms with van der Waals surface area (Å²) in [5.74, 6) is 1.13. The van der Waals surface area contributed by atoms with Crippen molar-refractivity contribution in [3.05, 3.63) is 64.7 Å². The molecule has 176 valence electrons. The minimum absolute atomic E-state index is 0.0669. The van der Waals surface area contributed by atoms with Crippen molar-refractivity contribution in [2.45, 2.75) is 96.8 Å². The van der Waals surface area contributed by atoms with Crippen molar-refractivity contribution in [1.82, 2.24) is 0 Å². The lowest BCUT2D eigenvalue weighted by Gasteiger charge is -2.29. The predicted molar refractivity (Wildman–Crippen MR) is 129 cm³/mol. The number of halogens is 2. The molecular weight excluding hydrogens is 402 g/mol. The van der Waals surface area contributed by atoms with E-state index in [-0.39, 0.29) is 11.6 Å². The van der Waals surface area contributed by atoms with Gasteiger partial charge in [-0.2, -0.15) is 0 Å². The van der Waals surface area contributed by atoms with Crippen molar-refractivity contribution in [2.75, 3.05) is 6.61 Å². The Morgan fingerprint density at radius 1 is 0.781 bits per heavy atom. The van der Waals surface area contributed by atoms with Gasteiger partial charge in [-0.15, -0.1) is 0 Å². The Labute approximate surface area is 193 Å². The first-order chi connectivity index (χ1) is 15.6. The minimum Gasteiger partial charge on any atom is -0.491 e. The van der Waals surface area contributed by atoms with Gasteiger partial charge in [0.05, 0.1) is 6.61 Å². The Morgan fingerprint density at radius 2 is 1.44 bits per heavy atom. The topological polar surface area (TPSA) is 9.23 Å². The fourth-order valence-corrected chi connectivity index (χ4v) is 4.93. The van der Waals surface area contributed by atoms with Gasteiger partial charge in [0.1, 0.15) is 5.82 Å². The van der Waals surface area contributed by atoms with E-state index < -0.39 is 0 Å². The van der Waals surface area contributed by atoms with Crippen molar-refractivity contribution in [3.63, 3.8) is 0 Å². The average molecular weight is 443 g/mol. The molecule has 1 fully saturated rings. The van der Waals surface area contributed by atoms with Crippen LogP contribution < -0.4 is 4.74 Å². The molecule has 1 aliphatic carbocycles. The molecule has 0 heterocycles. The SMILES string of the molecule is CCCCC[C@H]1CC[C@H](c2ccc(CCc3ccc(OCCCC)c(F)c3)cc2F)CC1. The lowest BCUT2D eigenvalue weighted by molar-refractivity contribution is 0.294. The van der Waals surface area contributed by atoms with Gasteiger partial charge in [-0.1, -0.05) is 64.2 Å². The largest absolute Gasteiger partial charge is 0.491 e. The predicted octanol–water partition coefficient (Wildman–Crippen LogP) is 8.78. The second-order valence-electron chi connectivity index (χ2n) is 9.54. The fourth-order valence-electron chi connectivity index (χ4n) is 4.93. The highest BCUT2D eigenvalue weighted by Gasteiger charge is 2.24. The molecule has 3 heteroatoms. The van der Waals surface area contributed by atoms with Crippen LogP contribution >= 0.6 is 0 Å². The first-order valence-corrected chi connectivity index (χ1v) is 12.8. The van der Waals surface area contributed by atoms with E-state index in [1.165, 1.54) is 38.5 Å². The maximum atomic E-state index is 14.9. The highest BCUT2D eigenvalue weighted by atomic mass is 19.1. The van der Waals surface area contributed by atoms with E-state index in [0.717, 1.165) is 48.3 Å². The molecule has 0 aliphatic heterocycles. The molecule has 0 atom stereocenters. The molecule has 0 unspecified atom stereocenters. The maximum Gasteiger partial charge on any atom is 0.165 e. The van der Waals surface area contributed by atoms with Gasteiger partial charge in [0, 0.05) is 0 Å². The molecule has 2 aromatic rings. The molecule has 0 N–H and O–H groups in total. The zero-order valence-electron chi connectivity index (χ0n) is 20.0. The molecule has 32 heavy (non-hydrogen) atoms. The van der Waals surface area contributed by atoms with Crippen molar-refractivity contribution < 1.29 is 13.5 Å². The Bertz CT molecular complexity index is 824. The molecule has 0 aromatic heterocycles. The summed E-state index contributed by atoms with van der Waals surface area (Å²) in [6, 6.07) is 10.9. The van der Waals surface area contributed by atoms with Crippen molar-refractivity contribution in [2.24, 2.45) is 5.92 Å². The van der Waals surface area contributed by atoms with Gasteiger partial charge < -0.3 is 4.74 Å². The van der Waals surface area contributed by atoms with Crippen LogP contribution in [0.4, 0.5) is 8.78 Å². The van der Waals surface area contributed by atoms with Gasteiger partial charge in [-0.25, -0.2) is 8.78 Å². The van der Waals surface area contributed by atoms with Crippen LogP contribution in [-0.2, 0) is 12.8 Å². The summed E-state index contributed by atoms with van der Waals surface area (Å²) in [4.78, 5) is 0.